The van der Waals surface area contributed by atoms with Crippen LogP contribution in [0.15, 0.2) is 36.7 Å². The molecule has 0 saturated heterocycles. The van der Waals surface area contributed by atoms with Gasteiger partial charge in [-0.2, -0.15) is 0 Å². The molecule has 2 aromatic carbocycles. The smallest absolute Gasteiger partial charge is 0.305 e. The van der Waals surface area contributed by atoms with E-state index in [1.54, 1.807) is 25.1 Å². The molecule has 0 aliphatic carbocycles. The maximum atomic E-state index is 13.4. The molecule has 0 spiro atoms. The maximum Gasteiger partial charge on any atom is 0.305 e. The van der Waals surface area contributed by atoms with Crippen LogP contribution >= 0.6 is 11.6 Å². The Hall–Kier alpha value is -3.13. The second-order valence-corrected chi connectivity index (χ2v) is 6.66. The Morgan fingerprint density at radius 2 is 2.03 bits per heavy atom. The highest BCUT2D eigenvalue weighted by Crippen LogP contribution is 2.35. The van der Waals surface area contributed by atoms with Gasteiger partial charge in [-0.05, 0) is 37.6 Å². The monoisotopic (exact) mass is 433 g/mol. The van der Waals surface area contributed by atoms with Crippen LogP contribution in [0.1, 0.15) is 19.8 Å². The molecular formula is C21H21ClFN3O4. The number of methoxy groups -OCH3 is 1. The Balaban J connectivity index is 1.82. The first-order valence-corrected chi connectivity index (χ1v) is 9.73. The topological polar surface area (TPSA) is 82.6 Å². The van der Waals surface area contributed by atoms with E-state index in [-0.39, 0.29) is 17.4 Å². The highest BCUT2D eigenvalue weighted by Gasteiger charge is 2.13. The molecule has 0 saturated carbocycles. The number of rotatable bonds is 9. The number of carbonyl (C=O) groups is 1. The zero-order valence-electron chi connectivity index (χ0n) is 16.6. The van der Waals surface area contributed by atoms with Gasteiger partial charge in [0.2, 0.25) is 0 Å². The Labute approximate surface area is 178 Å². The number of carbonyl (C=O) groups excluding carboxylic acids is 1. The largest absolute Gasteiger partial charge is 0.493 e. The van der Waals surface area contributed by atoms with Crippen molar-refractivity contribution < 1.29 is 23.4 Å². The fraction of sp³-hybridized carbons (Fsp3) is 0.286. The third kappa shape index (κ3) is 5.27. The van der Waals surface area contributed by atoms with Crippen LogP contribution in [0.3, 0.4) is 0 Å². The quantitative estimate of drug-likeness (QED) is 0.379. The van der Waals surface area contributed by atoms with E-state index in [2.05, 4.69) is 15.3 Å². The first-order valence-electron chi connectivity index (χ1n) is 9.35. The highest BCUT2D eigenvalue weighted by atomic mass is 35.5. The van der Waals surface area contributed by atoms with Gasteiger partial charge in [-0.1, -0.05) is 11.6 Å². The van der Waals surface area contributed by atoms with Gasteiger partial charge >= 0.3 is 5.97 Å². The zero-order valence-corrected chi connectivity index (χ0v) is 17.3. The van der Waals surface area contributed by atoms with Crippen molar-refractivity contribution in [3.8, 4) is 11.5 Å². The van der Waals surface area contributed by atoms with E-state index in [0.29, 0.717) is 53.5 Å². The fourth-order valence-electron chi connectivity index (χ4n) is 2.78. The first-order chi connectivity index (χ1) is 14.5. The minimum Gasteiger partial charge on any atom is -0.493 e. The number of esters is 1. The van der Waals surface area contributed by atoms with Gasteiger partial charge < -0.3 is 19.5 Å². The van der Waals surface area contributed by atoms with Gasteiger partial charge in [0.1, 0.15) is 18.0 Å². The van der Waals surface area contributed by atoms with Gasteiger partial charge in [0.05, 0.1) is 30.9 Å². The van der Waals surface area contributed by atoms with Crippen molar-refractivity contribution in [1.82, 2.24) is 9.97 Å². The van der Waals surface area contributed by atoms with E-state index in [0.717, 1.165) is 0 Å². The van der Waals surface area contributed by atoms with E-state index in [9.17, 15) is 9.18 Å². The average Bonchev–Trinajstić information content (AvgIpc) is 2.74. The normalized spacial score (nSPS) is 10.7. The fourth-order valence-corrected chi connectivity index (χ4v) is 2.96. The number of anilines is 2. The van der Waals surface area contributed by atoms with Crippen LogP contribution in [0.25, 0.3) is 10.9 Å². The van der Waals surface area contributed by atoms with E-state index in [1.165, 1.54) is 25.6 Å². The summed E-state index contributed by atoms with van der Waals surface area (Å²) >= 11 is 5.86. The summed E-state index contributed by atoms with van der Waals surface area (Å²) in [6.45, 7) is 2.43. The summed E-state index contributed by atoms with van der Waals surface area (Å²) in [6, 6.07) is 7.80. The number of fused-ring (bicyclic) bond motifs is 1. The summed E-state index contributed by atoms with van der Waals surface area (Å²) in [5, 5.41) is 3.80. The molecular weight excluding hydrogens is 413 g/mol. The first kappa shape index (κ1) is 21.6. The average molecular weight is 434 g/mol. The lowest BCUT2D eigenvalue weighted by atomic mass is 10.2. The molecule has 1 N–H and O–H groups in total. The van der Waals surface area contributed by atoms with Crippen molar-refractivity contribution in [3.05, 3.63) is 47.5 Å². The number of hydrogen-bond acceptors (Lipinski definition) is 7. The number of nitrogens with zero attached hydrogens (tertiary/aromatic N) is 2. The number of halogens is 2. The summed E-state index contributed by atoms with van der Waals surface area (Å²) in [6.07, 6.45) is 2.19. The zero-order chi connectivity index (χ0) is 21.5. The lowest BCUT2D eigenvalue weighted by Gasteiger charge is -2.14. The van der Waals surface area contributed by atoms with E-state index in [1.807, 2.05) is 0 Å². The lowest BCUT2D eigenvalue weighted by molar-refractivity contribution is -0.143. The number of hydrogen-bond donors (Lipinski definition) is 1. The van der Waals surface area contributed by atoms with E-state index >= 15 is 0 Å². The molecule has 1 heterocycles. The molecule has 0 fully saturated rings. The third-order valence-corrected chi connectivity index (χ3v) is 4.48. The van der Waals surface area contributed by atoms with Crippen LogP contribution in [-0.2, 0) is 9.53 Å². The van der Waals surface area contributed by atoms with E-state index in [4.69, 9.17) is 25.8 Å². The number of nitrogens with one attached hydrogen (secondary N) is 1. The van der Waals surface area contributed by atoms with Crippen LogP contribution < -0.4 is 14.8 Å². The molecule has 7 nitrogen and oxygen atoms in total. The lowest BCUT2D eigenvalue weighted by Crippen LogP contribution is -2.07. The Kier molecular flexibility index (Phi) is 7.24. The number of benzene rings is 2. The summed E-state index contributed by atoms with van der Waals surface area (Å²) in [4.78, 5) is 20.0. The van der Waals surface area contributed by atoms with Crippen LogP contribution in [0.2, 0.25) is 5.02 Å². The van der Waals surface area contributed by atoms with Crippen molar-refractivity contribution in [1.29, 1.82) is 0 Å². The summed E-state index contributed by atoms with van der Waals surface area (Å²) in [5.74, 6) is 0.737. The summed E-state index contributed by atoms with van der Waals surface area (Å²) in [7, 11) is 1.54. The summed E-state index contributed by atoms with van der Waals surface area (Å²) < 4.78 is 29.5. The standard InChI is InChI=1S/C21H21ClFN3O4/c1-3-29-20(27)5-4-8-30-19-10-14-17(11-18(19)28-2)24-12-25-21(14)26-13-6-7-16(23)15(22)9-13/h6-7,9-12H,3-5,8H2,1-2H3,(H,24,25,26). The van der Waals surface area contributed by atoms with Crippen LogP contribution in [-0.4, -0.2) is 36.3 Å². The van der Waals surface area contributed by atoms with Crippen molar-refractivity contribution in [3.63, 3.8) is 0 Å². The molecule has 0 radical (unpaired) electrons. The van der Waals surface area contributed by atoms with Gasteiger partial charge in [0.25, 0.3) is 0 Å². The Bertz CT molecular complexity index is 1050. The molecule has 158 valence electrons. The number of ether oxygens (including phenoxy) is 3. The molecule has 9 heteroatoms. The molecule has 0 amide bonds. The van der Waals surface area contributed by atoms with Gasteiger partial charge in [-0.25, -0.2) is 14.4 Å². The van der Waals surface area contributed by atoms with Crippen LogP contribution in [0.5, 0.6) is 11.5 Å². The Morgan fingerprint density at radius 3 is 2.77 bits per heavy atom. The second kappa shape index (κ2) is 10.1. The van der Waals surface area contributed by atoms with E-state index < -0.39 is 5.82 Å². The molecule has 0 unspecified atom stereocenters. The molecule has 0 bridgehead atoms. The van der Waals surface area contributed by atoms with Crippen LogP contribution in [0.4, 0.5) is 15.9 Å². The Morgan fingerprint density at radius 1 is 1.20 bits per heavy atom. The van der Waals surface area contributed by atoms with Gasteiger partial charge in [0.15, 0.2) is 11.5 Å². The molecule has 0 aliphatic rings. The minimum atomic E-state index is -0.502. The molecule has 0 atom stereocenters. The predicted octanol–water partition coefficient (Wildman–Crippen LogP) is 4.90. The third-order valence-electron chi connectivity index (χ3n) is 4.19. The maximum absolute atomic E-state index is 13.4. The van der Waals surface area contributed by atoms with Gasteiger partial charge in [0, 0.05) is 23.6 Å². The predicted molar refractivity (Wildman–Crippen MR) is 112 cm³/mol. The molecule has 3 rings (SSSR count). The van der Waals surface area contributed by atoms with Crippen molar-refractivity contribution in [2.75, 3.05) is 25.6 Å². The second-order valence-electron chi connectivity index (χ2n) is 6.25. The number of aromatic nitrogens is 2. The van der Waals surface area contributed by atoms with Crippen molar-refractivity contribution in [2.45, 2.75) is 19.8 Å². The SMILES string of the molecule is CCOC(=O)CCCOc1cc2c(Nc3ccc(F)c(Cl)c3)ncnc2cc1OC. The van der Waals surface area contributed by atoms with Crippen LogP contribution in [0, 0.1) is 5.82 Å². The van der Waals surface area contributed by atoms with Crippen molar-refractivity contribution in [2.24, 2.45) is 0 Å². The van der Waals surface area contributed by atoms with Crippen molar-refractivity contribution >= 4 is 40.0 Å². The van der Waals surface area contributed by atoms with Gasteiger partial charge in [-0.3, -0.25) is 4.79 Å². The van der Waals surface area contributed by atoms with Gasteiger partial charge in [-0.15, -0.1) is 0 Å². The summed E-state index contributed by atoms with van der Waals surface area (Å²) in [5.41, 5.74) is 1.21. The molecule has 0 aliphatic heterocycles. The molecule has 1 aromatic heterocycles. The molecule has 3 aromatic rings. The highest BCUT2D eigenvalue weighted by molar-refractivity contribution is 6.31. The minimum absolute atomic E-state index is 0.00523. The molecule has 30 heavy (non-hydrogen) atoms.